The molecule has 0 aromatic carbocycles. The lowest BCUT2D eigenvalue weighted by molar-refractivity contribution is -0.131. The zero-order valence-corrected chi connectivity index (χ0v) is 42.7. The molecular formula is C58H113NO4. The van der Waals surface area contributed by atoms with Crippen molar-refractivity contribution in [1.29, 1.82) is 0 Å². The van der Waals surface area contributed by atoms with E-state index in [1.807, 2.05) is 6.08 Å². The minimum atomic E-state index is -1.10. The number of hydrogen-bond donors (Lipinski definition) is 4. The monoisotopic (exact) mass is 888 g/mol. The maximum Gasteiger partial charge on any atom is 0.249 e. The number of nitrogens with one attached hydrogen (secondary N) is 1. The maximum atomic E-state index is 12.5. The molecule has 0 radical (unpaired) electrons. The third-order valence-corrected chi connectivity index (χ3v) is 13.5. The summed E-state index contributed by atoms with van der Waals surface area (Å²) in [6, 6.07) is -0.811. The Morgan fingerprint density at radius 3 is 0.968 bits per heavy atom. The molecule has 0 saturated heterocycles. The first kappa shape index (κ1) is 61.8. The Morgan fingerprint density at radius 2 is 0.651 bits per heavy atom. The van der Waals surface area contributed by atoms with Gasteiger partial charge in [-0.2, -0.15) is 0 Å². The van der Waals surface area contributed by atoms with Crippen molar-refractivity contribution < 1.29 is 20.1 Å². The van der Waals surface area contributed by atoms with E-state index in [1.54, 1.807) is 6.08 Å². The lowest BCUT2D eigenvalue weighted by atomic mass is 10.0. The van der Waals surface area contributed by atoms with Crippen LogP contribution in [0.15, 0.2) is 24.3 Å². The standard InChI is InChI=1S/C58H113NO4/c1-3-5-7-9-11-13-15-17-18-19-20-21-22-23-24-25-26-27-28-29-30-31-32-33-34-35-36-37-38-39-41-43-45-47-49-51-53-57(62)58(63)59-55(54-60)56(61)52-50-48-46-44-42-40-16-14-12-10-8-6-4-2/h42,44,50,52,55-57,60-62H,3-41,43,45-49,51,53-54H2,1-2H3,(H,59,63)/b44-42+,52-50+. The Labute approximate surface area is 394 Å². The van der Waals surface area contributed by atoms with Gasteiger partial charge in [0.1, 0.15) is 6.10 Å². The summed E-state index contributed by atoms with van der Waals surface area (Å²) in [4.78, 5) is 12.5. The highest BCUT2D eigenvalue weighted by Crippen LogP contribution is 2.18. The van der Waals surface area contributed by atoms with E-state index in [2.05, 4.69) is 31.3 Å². The predicted molar refractivity (Wildman–Crippen MR) is 278 cm³/mol. The normalized spacial score (nSPS) is 13.4. The first-order valence-electron chi connectivity index (χ1n) is 28.7. The van der Waals surface area contributed by atoms with Crippen LogP contribution in [0.25, 0.3) is 0 Å². The van der Waals surface area contributed by atoms with Crippen LogP contribution in [-0.2, 0) is 4.79 Å². The number of aliphatic hydroxyl groups excluding tert-OH is 3. The van der Waals surface area contributed by atoms with Crippen molar-refractivity contribution in [3.05, 3.63) is 24.3 Å². The molecule has 0 fully saturated rings. The smallest absolute Gasteiger partial charge is 0.249 e. The third kappa shape index (κ3) is 48.6. The van der Waals surface area contributed by atoms with Gasteiger partial charge >= 0.3 is 0 Å². The molecule has 0 aromatic rings. The summed E-state index contributed by atoms with van der Waals surface area (Å²) in [5.41, 5.74) is 0. The van der Waals surface area contributed by atoms with Crippen LogP contribution in [0.3, 0.4) is 0 Å². The summed E-state index contributed by atoms with van der Waals surface area (Å²) in [5, 5.41) is 33.2. The molecule has 63 heavy (non-hydrogen) atoms. The number of amides is 1. The van der Waals surface area contributed by atoms with Crippen LogP contribution in [0.4, 0.5) is 0 Å². The number of rotatable bonds is 53. The Bertz CT molecular complexity index is 936. The first-order chi connectivity index (χ1) is 31.1. The van der Waals surface area contributed by atoms with E-state index in [4.69, 9.17) is 0 Å². The largest absolute Gasteiger partial charge is 0.394 e. The van der Waals surface area contributed by atoms with E-state index in [9.17, 15) is 20.1 Å². The molecule has 3 atom stereocenters. The first-order valence-corrected chi connectivity index (χ1v) is 28.7. The topological polar surface area (TPSA) is 89.8 Å². The minimum Gasteiger partial charge on any atom is -0.394 e. The fourth-order valence-electron chi connectivity index (χ4n) is 9.09. The quantitative estimate of drug-likeness (QED) is 0.0362. The molecule has 0 rings (SSSR count). The molecule has 0 aliphatic carbocycles. The van der Waals surface area contributed by atoms with E-state index in [0.29, 0.717) is 6.42 Å². The number of allylic oxidation sites excluding steroid dienone is 3. The van der Waals surface area contributed by atoms with Crippen LogP contribution < -0.4 is 5.32 Å². The van der Waals surface area contributed by atoms with Gasteiger partial charge < -0.3 is 20.6 Å². The summed E-state index contributed by atoms with van der Waals surface area (Å²) in [7, 11) is 0. The van der Waals surface area contributed by atoms with Gasteiger partial charge in [0.15, 0.2) is 0 Å². The van der Waals surface area contributed by atoms with Crippen molar-refractivity contribution >= 4 is 5.91 Å². The molecular weight excluding hydrogens is 775 g/mol. The molecule has 0 aliphatic heterocycles. The molecule has 3 unspecified atom stereocenters. The number of hydrogen-bond acceptors (Lipinski definition) is 4. The summed E-state index contributed by atoms with van der Waals surface area (Å²) in [5.74, 6) is -0.508. The SMILES string of the molecule is CCCCCCCCC/C=C/CC/C=C/C(O)C(CO)NC(=O)C(O)CCCCCCCCCCCCCCCCCCCCCCCCCCCCCCCCCCCCCC. The van der Waals surface area contributed by atoms with Crippen LogP contribution >= 0.6 is 0 Å². The number of aliphatic hydroxyl groups is 3. The van der Waals surface area contributed by atoms with Gasteiger partial charge in [0.2, 0.25) is 5.91 Å². The van der Waals surface area contributed by atoms with E-state index >= 15 is 0 Å². The van der Waals surface area contributed by atoms with Crippen molar-refractivity contribution in [2.24, 2.45) is 0 Å². The maximum absolute atomic E-state index is 12.5. The molecule has 374 valence electrons. The second-order valence-corrected chi connectivity index (χ2v) is 19.9. The van der Waals surface area contributed by atoms with E-state index in [1.165, 1.54) is 257 Å². The van der Waals surface area contributed by atoms with Gasteiger partial charge in [0.05, 0.1) is 18.8 Å². The lowest BCUT2D eigenvalue weighted by Gasteiger charge is -2.21. The van der Waals surface area contributed by atoms with Crippen LogP contribution in [-0.4, -0.2) is 46.1 Å². The van der Waals surface area contributed by atoms with Crippen LogP contribution in [0.5, 0.6) is 0 Å². The highest BCUT2D eigenvalue weighted by atomic mass is 16.3. The highest BCUT2D eigenvalue weighted by molar-refractivity contribution is 5.80. The van der Waals surface area contributed by atoms with Crippen molar-refractivity contribution in [3.63, 3.8) is 0 Å². The Kier molecular flexibility index (Phi) is 52.5. The molecule has 5 heteroatoms. The molecule has 0 heterocycles. The zero-order valence-electron chi connectivity index (χ0n) is 42.7. The zero-order chi connectivity index (χ0) is 45.8. The molecule has 0 aliphatic rings. The van der Waals surface area contributed by atoms with Crippen molar-refractivity contribution in [1.82, 2.24) is 5.32 Å². The van der Waals surface area contributed by atoms with Gasteiger partial charge in [-0.25, -0.2) is 0 Å². The van der Waals surface area contributed by atoms with Gasteiger partial charge in [-0.3, -0.25) is 4.79 Å². The van der Waals surface area contributed by atoms with Crippen molar-refractivity contribution in [3.8, 4) is 0 Å². The molecule has 4 N–H and O–H groups in total. The lowest BCUT2D eigenvalue weighted by Crippen LogP contribution is -2.48. The summed E-state index contributed by atoms with van der Waals surface area (Å²) >= 11 is 0. The second kappa shape index (κ2) is 53.4. The van der Waals surface area contributed by atoms with Crippen LogP contribution in [0, 0.1) is 0 Å². The van der Waals surface area contributed by atoms with E-state index < -0.39 is 24.2 Å². The Balaban J connectivity index is 3.44. The van der Waals surface area contributed by atoms with Crippen LogP contribution in [0.2, 0.25) is 0 Å². The Hall–Kier alpha value is -1.17. The molecule has 0 bridgehead atoms. The van der Waals surface area contributed by atoms with Crippen LogP contribution in [0.1, 0.15) is 316 Å². The second-order valence-electron chi connectivity index (χ2n) is 19.9. The fraction of sp³-hybridized carbons (Fsp3) is 0.914. The number of unbranched alkanes of at least 4 members (excludes halogenated alkanes) is 43. The fourth-order valence-corrected chi connectivity index (χ4v) is 9.09. The summed E-state index contributed by atoms with van der Waals surface area (Å²) in [6.07, 6.45) is 68.6. The summed E-state index contributed by atoms with van der Waals surface area (Å²) in [6.45, 7) is 4.18. The molecule has 0 aromatic heterocycles. The average molecular weight is 889 g/mol. The van der Waals surface area contributed by atoms with E-state index in [-0.39, 0.29) is 6.61 Å². The average Bonchev–Trinajstić information content (AvgIpc) is 3.29. The van der Waals surface area contributed by atoms with E-state index in [0.717, 1.165) is 38.5 Å². The van der Waals surface area contributed by atoms with Gasteiger partial charge in [-0.1, -0.05) is 308 Å². The van der Waals surface area contributed by atoms with Gasteiger partial charge in [0, 0.05) is 0 Å². The predicted octanol–water partition coefficient (Wildman–Crippen LogP) is 17.7. The molecule has 1 amide bonds. The van der Waals surface area contributed by atoms with Crippen molar-refractivity contribution in [2.45, 2.75) is 334 Å². The Morgan fingerprint density at radius 1 is 0.381 bits per heavy atom. The van der Waals surface area contributed by atoms with Gasteiger partial charge in [-0.15, -0.1) is 0 Å². The number of carbonyl (C=O) groups is 1. The highest BCUT2D eigenvalue weighted by Gasteiger charge is 2.22. The minimum absolute atomic E-state index is 0.373. The summed E-state index contributed by atoms with van der Waals surface area (Å²) < 4.78 is 0. The van der Waals surface area contributed by atoms with Gasteiger partial charge in [-0.05, 0) is 32.1 Å². The van der Waals surface area contributed by atoms with Crippen molar-refractivity contribution in [2.75, 3.05) is 6.61 Å². The molecule has 0 saturated carbocycles. The third-order valence-electron chi connectivity index (χ3n) is 13.5. The molecule has 0 spiro atoms. The number of carbonyl (C=O) groups excluding carboxylic acids is 1. The molecule has 5 nitrogen and oxygen atoms in total. The van der Waals surface area contributed by atoms with Gasteiger partial charge in [0.25, 0.3) is 0 Å².